The number of hydrogen-bond donors (Lipinski definition) is 2. The molecule has 2 unspecified atom stereocenters. The number of piperazine rings is 1. The van der Waals surface area contributed by atoms with E-state index < -0.39 is 11.7 Å². The molecule has 2 aromatic rings. The van der Waals surface area contributed by atoms with Crippen LogP contribution in [-0.2, 0) is 6.18 Å². The summed E-state index contributed by atoms with van der Waals surface area (Å²) in [7, 11) is 0. The van der Waals surface area contributed by atoms with E-state index in [1.54, 1.807) is 6.20 Å². The van der Waals surface area contributed by atoms with Gasteiger partial charge in [0.15, 0.2) is 0 Å². The second kappa shape index (κ2) is 5.66. The van der Waals surface area contributed by atoms with Crippen LogP contribution in [0.15, 0.2) is 42.6 Å². The van der Waals surface area contributed by atoms with Gasteiger partial charge in [-0.15, -0.1) is 0 Å². The van der Waals surface area contributed by atoms with Gasteiger partial charge in [-0.3, -0.25) is 0 Å². The molecule has 0 radical (unpaired) electrons. The monoisotopic (exact) mass is 334 g/mol. The van der Waals surface area contributed by atoms with Gasteiger partial charge >= 0.3 is 6.18 Å². The molecule has 2 bridgehead atoms. The highest BCUT2D eigenvalue weighted by atomic mass is 19.4. The number of aromatic nitrogens is 1. The van der Waals surface area contributed by atoms with E-state index in [4.69, 9.17) is 0 Å². The maximum absolute atomic E-state index is 12.6. The van der Waals surface area contributed by atoms with Gasteiger partial charge in [0.25, 0.3) is 0 Å². The van der Waals surface area contributed by atoms with Crippen LogP contribution in [0.3, 0.4) is 0 Å². The van der Waals surface area contributed by atoms with Crippen molar-refractivity contribution in [2.45, 2.75) is 24.7 Å². The van der Waals surface area contributed by atoms with Gasteiger partial charge in [0.1, 0.15) is 5.82 Å². The maximum atomic E-state index is 12.6. The first-order chi connectivity index (χ1) is 11.5. The van der Waals surface area contributed by atoms with Gasteiger partial charge in [-0.2, -0.15) is 13.2 Å². The van der Waals surface area contributed by atoms with Crippen LogP contribution in [0.4, 0.5) is 30.4 Å². The molecule has 7 heteroatoms. The van der Waals surface area contributed by atoms with Crippen LogP contribution in [0.5, 0.6) is 0 Å². The first-order valence-electron chi connectivity index (χ1n) is 7.89. The quantitative estimate of drug-likeness (QED) is 0.903. The standard InChI is InChI=1S/C17H17F3N4/c18-17(19,20)11-1-3-12(4-2-11)23-16-6-5-15(8-21-16)24-9-13-7-14(10-24)22-13/h1-6,8,13-14,22H,7,9-10H2,(H,21,23). The third-order valence-corrected chi connectivity index (χ3v) is 4.52. The summed E-state index contributed by atoms with van der Waals surface area (Å²) >= 11 is 0. The second-order valence-corrected chi connectivity index (χ2v) is 6.30. The molecule has 126 valence electrons. The zero-order valence-corrected chi connectivity index (χ0v) is 12.8. The molecule has 3 aliphatic heterocycles. The summed E-state index contributed by atoms with van der Waals surface area (Å²) in [5.74, 6) is 0.610. The van der Waals surface area contributed by atoms with E-state index in [9.17, 15) is 13.2 Å². The molecule has 24 heavy (non-hydrogen) atoms. The number of hydrogen-bond acceptors (Lipinski definition) is 4. The topological polar surface area (TPSA) is 40.2 Å². The van der Waals surface area contributed by atoms with Crippen molar-refractivity contribution < 1.29 is 13.2 Å². The largest absolute Gasteiger partial charge is 0.416 e. The summed E-state index contributed by atoms with van der Waals surface area (Å²) in [6.07, 6.45) is -1.27. The zero-order chi connectivity index (χ0) is 16.7. The molecule has 4 heterocycles. The number of nitrogens with one attached hydrogen (secondary N) is 2. The van der Waals surface area contributed by atoms with Gasteiger partial charge in [-0.25, -0.2) is 4.98 Å². The van der Waals surface area contributed by atoms with Crippen LogP contribution in [0, 0.1) is 0 Å². The lowest BCUT2D eigenvalue weighted by molar-refractivity contribution is -0.137. The van der Waals surface area contributed by atoms with Crippen LogP contribution >= 0.6 is 0 Å². The minimum Gasteiger partial charge on any atom is -0.367 e. The summed E-state index contributed by atoms with van der Waals surface area (Å²) in [5, 5.41) is 6.50. The fourth-order valence-corrected chi connectivity index (χ4v) is 3.26. The fraction of sp³-hybridized carbons (Fsp3) is 0.353. The van der Waals surface area contributed by atoms with Gasteiger partial charge in [0, 0.05) is 30.9 Å². The van der Waals surface area contributed by atoms with Gasteiger partial charge in [0.05, 0.1) is 17.4 Å². The molecule has 4 nitrogen and oxygen atoms in total. The van der Waals surface area contributed by atoms with E-state index in [1.165, 1.54) is 18.6 Å². The number of fused-ring (bicyclic) bond motifs is 2. The van der Waals surface area contributed by atoms with Crippen molar-refractivity contribution in [3.8, 4) is 0 Å². The molecule has 0 amide bonds. The van der Waals surface area contributed by atoms with Crippen molar-refractivity contribution >= 4 is 17.2 Å². The molecule has 2 N–H and O–H groups in total. The number of anilines is 3. The van der Waals surface area contributed by atoms with Gasteiger partial charge < -0.3 is 15.5 Å². The van der Waals surface area contributed by atoms with E-state index >= 15 is 0 Å². The average Bonchev–Trinajstić information content (AvgIpc) is 2.55. The van der Waals surface area contributed by atoms with Crippen molar-refractivity contribution in [2.24, 2.45) is 0 Å². The van der Waals surface area contributed by atoms with E-state index in [0.717, 1.165) is 30.9 Å². The molecule has 3 saturated heterocycles. The predicted octanol–water partition coefficient (Wildman–Crippen LogP) is 3.39. The normalized spacial score (nSPS) is 22.9. The smallest absolute Gasteiger partial charge is 0.367 e. The molecule has 0 saturated carbocycles. The lowest BCUT2D eigenvalue weighted by Gasteiger charge is -2.49. The van der Waals surface area contributed by atoms with Crippen molar-refractivity contribution in [1.29, 1.82) is 0 Å². The van der Waals surface area contributed by atoms with Crippen molar-refractivity contribution in [3.63, 3.8) is 0 Å². The molecule has 5 rings (SSSR count). The predicted molar refractivity (Wildman–Crippen MR) is 86.5 cm³/mol. The minimum absolute atomic E-state index is 0.576. The van der Waals surface area contributed by atoms with E-state index in [2.05, 4.69) is 20.5 Å². The number of nitrogens with zero attached hydrogens (tertiary/aromatic N) is 2. The summed E-state index contributed by atoms with van der Waals surface area (Å²) in [6.45, 7) is 1.98. The van der Waals surface area contributed by atoms with Gasteiger partial charge in [0.2, 0.25) is 0 Å². The number of alkyl halides is 3. The second-order valence-electron chi connectivity index (χ2n) is 6.30. The highest BCUT2D eigenvalue weighted by Gasteiger charge is 2.36. The Labute approximate surface area is 137 Å². The lowest BCUT2D eigenvalue weighted by atomic mass is 9.91. The van der Waals surface area contributed by atoms with Crippen LogP contribution in [0.1, 0.15) is 12.0 Å². The number of benzene rings is 1. The average molecular weight is 334 g/mol. The fourth-order valence-electron chi connectivity index (χ4n) is 3.26. The Kier molecular flexibility index (Phi) is 3.60. The molecule has 0 aliphatic carbocycles. The Morgan fingerprint density at radius 2 is 1.71 bits per heavy atom. The van der Waals surface area contributed by atoms with Crippen LogP contribution < -0.4 is 15.5 Å². The van der Waals surface area contributed by atoms with Crippen molar-refractivity contribution in [1.82, 2.24) is 10.3 Å². The van der Waals surface area contributed by atoms with Crippen LogP contribution in [-0.4, -0.2) is 30.2 Å². The molecular weight excluding hydrogens is 317 g/mol. The van der Waals surface area contributed by atoms with Crippen LogP contribution in [0.25, 0.3) is 0 Å². The maximum Gasteiger partial charge on any atom is 0.416 e. The third-order valence-electron chi connectivity index (χ3n) is 4.52. The Hall–Kier alpha value is -2.28. The summed E-state index contributed by atoms with van der Waals surface area (Å²) in [4.78, 5) is 6.67. The molecule has 1 aromatic carbocycles. The molecule has 3 aliphatic rings. The highest BCUT2D eigenvalue weighted by Crippen LogP contribution is 2.30. The minimum atomic E-state index is -4.32. The van der Waals surface area contributed by atoms with Gasteiger partial charge in [-0.1, -0.05) is 0 Å². The zero-order valence-electron chi connectivity index (χ0n) is 12.8. The van der Waals surface area contributed by atoms with E-state index in [0.29, 0.717) is 23.6 Å². The number of halogens is 3. The van der Waals surface area contributed by atoms with Crippen molar-refractivity contribution in [3.05, 3.63) is 48.2 Å². The first-order valence-corrected chi connectivity index (χ1v) is 7.89. The lowest BCUT2D eigenvalue weighted by Crippen LogP contribution is -2.67. The van der Waals surface area contributed by atoms with Gasteiger partial charge in [-0.05, 0) is 42.8 Å². The highest BCUT2D eigenvalue weighted by molar-refractivity contribution is 5.59. The van der Waals surface area contributed by atoms with E-state index in [1.807, 2.05) is 12.1 Å². The Bertz CT molecular complexity index is 696. The Morgan fingerprint density at radius 3 is 2.25 bits per heavy atom. The first kappa shape index (κ1) is 15.3. The van der Waals surface area contributed by atoms with Crippen LogP contribution in [0.2, 0.25) is 0 Å². The summed E-state index contributed by atoms with van der Waals surface area (Å²) < 4.78 is 37.7. The SMILES string of the molecule is FC(F)(F)c1ccc(Nc2ccc(N3CC4CC(C3)N4)cn2)cc1. The molecular formula is C17H17F3N4. The number of rotatable bonds is 3. The molecule has 0 spiro atoms. The van der Waals surface area contributed by atoms with E-state index in [-0.39, 0.29) is 0 Å². The molecule has 3 fully saturated rings. The third kappa shape index (κ3) is 3.03. The Morgan fingerprint density at radius 1 is 1.04 bits per heavy atom. The van der Waals surface area contributed by atoms with Crippen molar-refractivity contribution in [2.75, 3.05) is 23.3 Å². The summed E-state index contributed by atoms with van der Waals surface area (Å²) in [5.41, 5.74) is 0.990. The molecule has 2 atom stereocenters. The Balaban J connectivity index is 1.42. The summed E-state index contributed by atoms with van der Waals surface area (Å²) in [6, 6.07) is 9.92. The number of pyridine rings is 1. The molecule has 1 aromatic heterocycles. The number of piperidine rings is 1.